The molecule has 1 heteroatoms. The first-order valence-corrected chi connectivity index (χ1v) is 4.89. The molecule has 0 N–H and O–H groups in total. The van der Waals surface area contributed by atoms with E-state index in [4.69, 9.17) is 0 Å². The van der Waals surface area contributed by atoms with Crippen molar-refractivity contribution in [1.82, 2.24) is 4.90 Å². The molecule has 1 saturated carbocycles. The summed E-state index contributed by atoms with van der Waals surface area (Å²) in [7, 11) is 2.26. The van der Waals surface area contributed by atoms with E-state index >= 15 is 0 Å². The molecule has 0 aromatic heterocycles. The fraction of sp³-hybridized carbons (Fsp3) is 1.00. The molecule has 2 rings (SSSR count). The van der Waals surface area contributed by atoms with Crippen LogP contribution in [0.3, 0.4) is 0 Å². The molecule has 0 aromatic rings. The molecule has 2 fully saturated rings. The van der Waals surface area contributed by atoms with Crippen molar-refractivity contribution < 1.29 is 0 Å². The second-order valence-corrected chi connectivity index (χ2v) is 4.84. The van der Waals surface area contributed by atoms with E-state index < -0.39 is 0 Å². The van der Waals surface area contributed by atoms with Crippen LogP contribution in [0.1, 0.15) is 32.6 Å². The smallest absolute Gasteiger partial charge is 0.00355 e. The molecule has 1 saturated heterocycles. The predicted molar refractivity (Wildman–Crippen MR) is 47.6 cm³/mol. The zero-order chi connectivity index (χ0) is 7.90. The minimum Gasteiger partial charge on any atom is -0.306 e. The fourth-order valence-electron chi connectivity index (χ4n) is 3.03. The Morgan fingerprint density at radius 2 is 2.18 bits per heavy atom. The van der Waals surface area contributed by atoms with Gasteiger partial charge in [-0.2, -0.15) is 0 Å². The van der Waals surface area contributed by atoms with Gasteiger partial charge in [0.25, 0.3) is 0 Å². The predicted octanol–water partition coefficient (Wildman–Crippen LogP) is 2.13. The second kappa shape index (κ2) is 2.48. The minimum atomic E-state index is 0.758. The first-order valence-electron chi connectivity index (χ1n) is 4.89. The van der Waals surface area contributed by atoms with Crippen molar-refractivity contribution >= 4 is 0 Å². The molecule has 0 radical (unpaired) electrons. The van der Waals surface area contributed by atoms with Crippen LogP contribution in [-0.2, 0) is 0 Å². The number of hydrogen-bond donors (Lipinski definition) is 0. The van der Waals surface area contributed by atoms with Crippen molar-refractivity contribution in [2.45, 2.75) is 32.6 Å². The maximum Gasteiger partial charge on any atom is 0.00355 e. The Kier molecular flexibility index (Phi) is 1.71. The lowest BCUT2D eigenvalue weighted by atomic mass is 9.85. The highest BCUT2D eigenvalue weighted by molar-refractivity contribution is 4.94. The summed E-state index contributed by atoms with van der Waals surface area (Å²) in [5.41, 5.74) is 0.758. The van der Waals surface area contributed by atoms with Gasteiger partial charge in [0.05, 0.1) is 0 Å². The van der Waals surface area contributed by atoms with Crippen molar-refractivity contribution in [2.75, 3.05) is 20.1 Å². The van der Waals surface area contributed by atoms with Gasteiger partial charge in [-0.15, -0.1) is 0 Å². The van der Waals surface area contributed by atoms with E-state index in [1.807, 2.05) is 0 Å². The highest BCUT2D eigenvalue weighted by Crippen LogP contribution is 2.47. The van der Waals surface area contributed by atoms with Gasteiger partial charge in [-0.25, -0.2) is 0 Å². The van der Waals surface area contributed by atoms with Crippen molar-refractivity contribution in [3.05, 3.63) is 0 Å². The molecule has 1 aliphatic carbocycles. The normalized spacial score (nSPS) is 45.8. The summed E-state index contributed by atoms with van der Waals surface area (Å²) in [6, 6.07) is 0. The summed E-state index contributed by atoms with van der Waals surface area (Å²) < 4.78 is 0. The van der Waals surface area contributed by atoms with Gasteiger partial charge in [0, 0.05) is 6.54 Å². The molecule has 0 aromatic carbocycles. The van der Waals surface area contributed by atoms with Gasteiger partial charge in [0.1, 0.15) is 0 Å². The summed E-state index contributed by atoms with van der Waals surface area (Å²) in [5, 5.41) is 0. The van der Waals surface area contributed by atoms with E-state index in [0.29, 0.717) is 0 Å². The number of likely N-dealkylation sites (tertiary alicyclic amines) is 1. The van der Waals surface area contributed by atoms with E-state index in [1.54, 1.807) is 0 Å². The van der Waals surface area contributed by atoms with E-state index in [0.717, 1.165) is 11.3 Å². The van der Waals surface area contributed by atoms with Crippen molar-refractivity contribution in [1.29, 1.82) is 0 Å². The molecule has 11 heavy (non-hydrogen) atoms. The van der Waals surface area contributed by atoms with Gasteiger partial charge in [-0.1, -0.05) is 13.3 Å². The average molecular weight is 153 g/mol. The summed E-state index contributed by atoms with van der Waals surface area (Å²) in [6.45, 7) is 5.12. The molecular formula is C10H19N. The van der Waals surface area contributed by atoms with Gasteiger partial charge in [0.15, 0.2) is 0 Å². The molecule has 0 bridgehead atoms. The van der Waals surface area contributed by atoms with Gasteiger partial charge >= 0.3 is 0 Å². The largest absolute Gasteiger partial charge is 0.306 e. The number of rotatable bonds is 0. The third kappa shape index (κ3) is 1.31. The molecule has 2 aliphatic rings. The molecule has 1 aliphatic heterocycles. The highest BCUT2D eigenvalue weighted by atomic mass is 15.1. The highest BCUT2D eigenvalue weighted by Gasteiger charge is 2.41. The lowest BCUT2D eigenvalue weighted by molar-refractivity contribution is 0.281. The Morgan fingerprint density at radius 1 is 1.36 bits per heavy atom. The van der Waals surface area contributed by atoms with Crippen LogP contribution in [0, 0.1) is 11.3 Å². The molecule has 0 amide bonds. The van der Waals surface area contributed by atoms with Crippen LogP contribution in [0.5, 0.6) is 0 Å². The molecule has 1 nitrogen and oxygen atoms in total. The second-order valence-electron chi connectivity index (χ2n) is 4.84. The fourth-order valence-corrected chi connectivity index (χ4v) is 3.03. The van der Waals surface area contributed by atoms with E-state index in [-0.39, 0.29) is 0 Å². The van der Waals surface area contributed by atoms with E-state index in [2.05, 4.69) is 18.9 Å². The average Bonchev–Trinajstić information content (AvgIpc) is 2.44. The van der Waals surface area contributed by atoms with Gasteiger partial charge in [-0.05, 0) is 44.2 Å². The Morgan fingerprint density at radius 3 is 2.64 bits per heavy atom. The molecule has 64 valence electrons. The molecule has 0 unspecified atom stereocenters. The van der Waals surface area contributed by atoms with E-state index in [1.165, 1.54) is 38.8 Å². The summed E-state index contributed by atoms with van der Waals surface area (Å²) in [4.78, 5) is 2.50. The standard InChI is InChI=1S/C10H19N/c1-9-3-4-10(7-9)5-6-11(2)8-10/h9H,3-8H2,1-2H3/t9-,10-/m1/s1. The van der Waals surface area contributed by atoms with E-state index in [9.17, 15) is 0 Å². The van der Waals surface area contributed by atoms with Crippen molar-refractivity contribution in [3.8, 4) is 0 Å². The summed E-state index contributed by atoms with van der Waals surface area (Å²) in [6.07, 6.45) is 5.94. The zero-order valence-corrected chi connectivity index (χ0v) is 7.77. The first kappa shape index (κ1) is 7.60. The third-order valence-corrected chi connectivity index (χ3v) is 3.58. The first-order chi connectivity index (χ1) is 5.20. The van der Waals surface area contributed by atoms with Crippen LogP contribution in [0.25, 0.3) is 0 Å². The SMILES string of the molecule is C[C@@H]1CC[C@@]2(CCN(C)C2)C1. The molecular weight excluding hydrogens is 134 g/mol. The van der Waals surface area contributed by atoms with Crippen LogP contribution in [-0.4, -0.2) is 25.0 Å². The number of nitrogens with zero attached hydrogens (tertiary/aromatic N) is 1. The Hall–Kier alpha value is -0.0400. The van der Waals surface area contributed by atoms with Gasteiger partial charge < -0.3 is 4.90 Å². The monoisotopic (exact) mass is 153 g/mol. The Labute approximate surface area is 69.8 Å². The number of hydrogen-bond acceptors (Lipinski definition) is 1. The quantitative estimate of drug-likeness (QED) is 0.515. The van der Waals surface area contributed by atoms with Crippen molar-refractivity contribution in [3.63, 3.8) is 0 Å². The molecule has 2 atom stereocenters. The summed E-state index contributed by atoms with van der Waals surface area (Å²) in [5.74, 6) is 1.00. The van der Waals surface area contributed by atoms with Crippen LogP contribution in [0.4, 0.5) is 0 Å². The van der Waals surface area contributed by atoms with Crippen LogP contribution in [0.2, 0.25) is 0 Å². The zero-order valence-electron chi connectivity index (χ0n) is 7.77. The van der Waals surface area contributed by atoms with Crippen molar-refractivity contribution in [2.24, 2.45) is 11.3 Å². The Bertz CT molecular complexity index is 135. The topological polar surface area (TPSA) is 3.24 Å². The lowest BCUT2D eigenvalue weighted by Gasteiger charge is -2.22. The van der Waals surface area contributed by atoms with Gasteiger partial charge in [-0.3, -0.25) is 0 Å². The lowest BCUT2D eigenvalue weighted by Crippen LogP contribution is -2.21. The Balaban J connectivity index is 2.02. The third-order valence-electron chi connectivity index (χ3n) is 3.58. The minimum absolute atomic E-state index is 0.758. The van der Waals surface area contributed by atoms with Crippen LogP contribution >= 0.6 is 0 Å². The molecule has 1 heterocycles. The molecule has 1 spiro atoms. The van der Waals surface area contributed by atoms with Crippen LogP contribution < -0.4 is 0 Å². The maximum absolute atomic E-state index is 2.50. The van der Waals surface area contributed by atoms with Crippen LogP contribution in [0.15, 0.2) is 0 Å². The maximum atomic E-state index is 2.50. The van der Waals surface area contributed by atoms with Gasteiger partial charge in [0.2, 0.25) is 0 Å². The summed E-state index contributed by atoms with van der Waals surface area (Å²) >= 11 is 0.